The lowest BCUT2D eigenvalue weighted by Crippen LogP contribution is -2.59. The molecule has 0 bridgehead atoms. The van der Waals surface area contributed by atoms with Crippen molar-refractivity contribution in [1.82, 2.24) is 30.7 Å². The summed E-state index contributed by atoms with van der Waals surface area (Å²) in [6.45, 7) is 5.56. The number of primary amides is 1. The van der Waals surface area contributed by atoms with Gasteiger partial charge >= 0.3 is 18.1 Å². The average molecular weight is 720 g/mol. The predicted molar refractivity (Wildman–Crippen MR) is 193 cm³/mol. The monoisotopic (exact) mass is 719 g/mol. The number of carboxylic acid groups (broad SMARTS) is 1. The van der Waals surface area contributed by atoms with Gasteiger partial charge in [-0.1, -0.05) is 48.5 Å². The molecule has 0 spiro atoms. The zero-order chi connectivity index (χ0) is 38.0. The van der Waals surface area contributed by atoms with Crippen LogP contribution >= 0.6 is 0 Å². The number of piperidine rings is 1. The average Bonchev–Trinajstić information content (AvgIpc) is 3.53. The summed E-state index contributed by atoms with van der Waals surface area (Å²) in [5.74, 6) is -3.11. The number of para-hydroxylation sites is 1. The summed E-state index contributed by atoms with van der Waals surface area (Å²) in [6.07, 6.45) is 2.83. The molecule has 0 aliphatic carbocycles. The molecule has 1 unspecified atom stereocenters. The van der Waals surface area contributed by atoms with Crippen LogP contribution < -0.4 is 21.7 Å². The smallest absolute Gasteiger partial charge is 0.410 e. The number of aromatic nitrogens is 1. The molecule has 15 nitrogen and oxygen atoms in total. The Hall–Kier alpha value is -5.60. The molecule has 2 heterocycles. The number of aliphatic carboxylic acids is 1. The van der Waals surface area contributed by atoms with Gasteiger partial charge in [-0.15, -0.1) is 0 Å². The summed E-state index contributed by atoms with van der Waals surface area (Å²) in [4.78, 5) is 84.9. The van der Waals surface area contributed by atoms with Crippen molar-refractivity contribution in [2.75, 3.05) is 20.1 Å². The van der Waals surface area contributed by atoms with E-state index in [0.29, 0.717) is 35.7 Å². The SMILES string of the molecule is CN(C(=O)OC(C)(C)C)[C@@H](Cc1ccccc1)C(=O)N1CCCC[C@H]1C(=O)NC(C(=O)N[C@@H](CCCNC(N)=O)C(=O)O)c1c[nH]c2ccccc12. The maximum Gasteiger partial charge on any atom is 0.410 e. The zero-order valence-electron chi connectivity index (χ0n) is 30.0. The van der Waals surface area contributed by atoms with Crippen LogP contribution in [0.2, 0.25) is 0 Å². The number of ether oxygens (including phenoxy) is 1. The number of rotatable bonds is 14. The van der Waals surface area contributed by atoms with Crippen molar-refractivity contribution < 1.29 is 38.6 Å². The molecular weight excluding hydrogens is 670 g/mol. The summed E-state index contributed by atoms with van der Waals surface area (Å²) < 4.78 is 5.60. The number of carbonyl (C=O) groups is 6. The van der Waals surface area contributed by atoms with Gasteiger partial charge in [-0.05, 0) is 64.5 Å². The van der Waals surface area contributed by atoms with Gasteiger partial charge in [-0.3, -0.25) is 19.3 Å². The standard InChI is InChI=1S/C37H49N7O8/c1-37(2,3)52-36(51)43(4)29(21-23-13-6-5-7-14-23)33(47)44-20-11-10-18-28(44)31(45)42-30(25-22-40-26-16-9-8-15-24(25)26)32(46)41-27(34(48)49)17-12-19-39-35(38)50/h5-9,13-16,22,27-30,40H,10-12,17-21H2,1-4H3,(H,41,46)(H,42,45)(H,48,49)(H3,38,39,50)/t27-,28-,29-,30?/m0/s1. The van der Waals surface area contributed by atoms with Crippen LogP contribution in [0.3, 0.4) is 0 Å². The first-order valence-corrected chi connectivity index (χ1v) is 17.4. The lowest BCUT2D eigenvalue weighted by Gasteiger charge is -2.39. The number of likely N-dealkylation sites (tertiary alicyclic amines) is 1. The first-order valence-electron chi connectivity index (χ1n) is 17.4. The fourth-order valence-corrected chi connectivity index (χ4v) is 6.23. The first-order chi connectivity index (χ1) is 24.7. The van der Waals surface area contributed by atoms with E-state index >= 15 is 0 Å². The largest absolute Gasteiger partial charge is 0.480 e. The summed E-state index contributed by atoms with van der Waals surface area (Å²) in [6, 6.07) is 11.0. The van der Waals surface area contributed by atoms with Crippen LogP contribution in [0.5, 0.6) is 0 Å². The Morgan fingerprint density at radius 3 is 2.38 bits per heavy atom. The molecule has 15 heteroatoms. The molecule has 4 rings (SSSR count). The number of amides is 6. The number of nitrogens with zero attached hydrogens (tertiary/aromatic N) is 2. The van der Waals surface area contributed by atoms with Gasteiger partial charge in [0.25, 0.3) is 0 Å². The summed E-state index contributed by atoms with van der Waals surface area (Å²) in [5.41, 5.74) is 6.20. The van der Waals surface area contributed by atoms with Crippen LogP contribution in [0.25, 0.3) is 10.9 Å². The van der Waals surface area contributed by atoms with Crippen LogP contribution in [0.15, 0.2) is 60.8 Å². The molecule has 1 fully saturated rings. The second kappa shape index (κ2) is 17.6. The van der Waals surface area contributed by atoms with Gasteiger partial charge in [0.05, 0.1) is 0 Å². The fraction of sp³-hybridized carbons (Fsp3) is 0.459. The molecule has 1 saturated heterocycles. The van der Waals surface area contributed by atoms with E-state index in [9.17, 15) is 33.9 Å². The number of carboxylic acids is 1. The molecule has 6 amide bonds. The number of carbonyl (C=O) groups excluding carboxylic acids is 5. The van der Waals surface area contributed by atoms with Gasteiger partial charge in [-0.2, -0.15) is 0 Å². The Morgan fingerprint density at radius 1 is 1.02 bits per heavy atom. The maximum atomic E-state index is 14.5. The quantitative estimate of drug-likeness (QED) is 0.136. The number of benzene rings is 2. The number of hydrogen-bond donors (Lipinski definition) is 6. The molecule has 1 aliphatic rings. The molecule has 7 N–H and O–H groups in total. The second-order valence-electron chi connectivity index (χ2n) is 13.9. The van der Waals surface area contributed by atoms with Crippen LogP contribution in [-0.4, -0.2) is 99.6 Å². The van der Waals surface area contributed by atoms with E-state index in [1.165, 1.54) is 16.8 Å². The third kappa shape index (κ3) is 10.5. The molecule has 280 valence electrons. The fourth-order valence-electron chi connectivity index (χ4n) is 6.23. The molecule has 1 aliphatic heterocycles. The number of hydrogen-bond acceptors (Lipinski definition) is 7. The third-order valence-electron chi connectivity index (χ3n) is 8.86. The topological polar surface area (TPSA) is 216 Å². The molecular formula is C37H49N7O8. The minimum Gasteiger partial charge on any atom is -0.480 e. The van der Waals surface area contributed by atoms with Gasteiger partial charge in [0, 0.05) is 49.2 Å². The minimum absolute atomic E-state index is 0.0191. The maximum absolute atomic E-state index is 14.5. The van der Waals surface area contributed by atoms with Crippen molar-refractivity contribution in [1.29, 1.82) is 0 Å². The Balaban J connectivity index is 1.62. The minimum atomic E-state index is -1.34. The number of aromatic amines is 1. The molecule has 52 heavy (non-hydrogen) atoms. The Kier molecular flexibility index (Phi) is 13.2. The number of nitrogens with two attached hydrogens (primary N) is 1. The van der Waals surface area contributed by atoms with Crippen molar-refractivity contribution in [2.45, 2.75) is 89.1 Å². The number of likely N-dealkylation sites (N-methyl/N-ethyl adjacent to an activating group) is 1. The first kappa shape index (κ1) is 39.2. The van der Waals surface area contributed by atoms with Gasteiger partial charge in [0.15, 0.2) is 0 Å². The molecule has 0 saturated carbocycles. The van der Waals surface area contributed by atoms with E-state index in [2.05, 4.69) is 20.9 Å². The second-order valence-corrected chi connectivity index (χ2v) is 13.9. The lowest BCUT2D eigenvalue weighted by atomic mass is 9.96. The zero-order valence-corrected chi connectivity index (χ0v) is 30.0. The number of H-pyrrole nitrogens is 1. The Labute approximate surface area is 302 Å². The molecule has 1 aromatic heterocycles. The highest BCUT2D eigenvalue weighted by molar-refractivity contribution is 5.98. The van der Waals surface area contributed by atoms with Crippen LogP contribution in [0, 0.1) is 0 Å². The summed E-state index contributed by atoms with van der Waals surface area (Å²) in [5, 5.41) is 18.3. The van der Waals surface area contributed by atoms with Gasteiger partial charge < -0.3 is 41.4 Å². The van der Waals surface area contributed by atoms with E-state index in [-0.39, 0.29) is 32.4 Å². The highest BCUT2D eigenvalue weighted by Crippen LogP contribution is 2.27. The van der Waals surface area contributed by atoms with Crippen LogP contribution in [0.4, 0.5) is 9.59 Å². The van der Waals surface area contributed by atoms with Crippen molar-refractivity contribution in [3.63, 3.8) is 0 Å². The Morgan fingerprint density at radius 2 is 1.71 bits per heavy atom. The van der Waals surface area contributed by atoms with E-state index in [4.69, 9.17) is 10.5 Å². The van der Waals surface area contributed by atoms with Crippen LogP contribution in [0.1, 0.15) is 70.0 Å². The van der Waals surface area contributed by atoms with Crippen LogP contribution in [-0.2, 0) is 30.3 Å². The van der Waals surface area contributed by atoms with E-state index in [1.54, 1.807) is 45.2 Å². The molecule has 2 aromatic carbocycles. The normalized spacial score (nSPS) is 16.2. The number of urea groups is 1. The van der Waals surface area contributed by atoms with Gasteiger partial charge in [-0.25, -0.2) is 14.4 Å². The van der Waals surface area contributed by atoms with Crippen molar-refractivity contribution in [3.05, 3.63) is 71.9 Å². The number of fused-ring (bicyclic) bond motifs is 1. The predicted octanol–water partition coefficient (Wildman–Crippen LogP) is 3.20. The molecule has 0 radical (unpaired) electrons. The highest BCUT2D eigenvalue weighted by Gasteiger charge is 2.40. The highest BCUT2D eigenvalue weighted by atomic mass is 16.6. The van der Waals surface area contributed by atoms with Crippen molar-refractivity contribution >= 4 is 46.7 Å². The summed E-state index contributed by atoms with van der Waals surface area (Å²) >= 11 is 0. The molecule has 4 atom stereocenters. The van der Waals surface area contributed by atoms with Gasteiger partial charge in [0.1, 0.15) is 29.8 Å². The van der Waals surface area contributed by atoms with E-state index in [1.807, 2.05) is 36.4 Å². The van der Waals surface area contributed by atoms with Crippen molar-refractivity contribution in [3.8, 4) is 0 Å². The van der Waals surface area contributed by atoms with E-state index < -0.39 is 65.6 Å². The lowest BCUT2D eigenvalue weighted by molar-refractivity contribution is -0.147. The Bertz CT molecular complexity index is 1740. The number of nitrogens with one attached hydrogen (secondary N) is 4. The van der Waals surface area contributed by atoms with Crippen molar-refractivity contribution in [2.24, 2.45) is 5.73 Å². The van der Waals surface area contributed by atoms with E-state index in [0.717, 1.165) is 5.56 Å². The summed E-state index contributed by atoms with van der Waals surface area (Å²) in [7, 11) is 1.50. The third-order valence-corrected chi connectivity index (χ3v) is 8.86. The van der Waals surface area contributed by atoms with Gasteiger partial charge in [0.2, 0.25) is 17.7 Å². The molecule has 3 aromatic rings.